The summed E-state index contributed by atoms with van der Waals surface area (Å²) in [6.45, 7) is 4.49. The first-order chi connectivity index (χ1) is 7.66. The zero-order valence-electron chi connectivity index (χ0n) is 9.75. The fourth-order valence-corrected chi connectivity index (χ4v) is 2.50. The molecule has 3 heteroatoms. The van der Waals surface area contributed by atoms with Crippen LogP contribution in [0.3, 0.4) is 0 Å². The van der Waals surface area contributed by atoms with Crippen LogP contribution in [-0.2, 0) is 6.54 Å². The lowest BCUT2D eigenvalue weighted by Crippen LogP contribution is -2.36. The Morgan fingerprint density at radius 1 is 1.44 bits per heavy atom. The van der Waals surface area contributed by atoms with E-state index in [0.717, 1.165) is 6.54 Å². The highest BCUT2D eigenvalue weighted by Crippen LogP contribution is 2.23. The van der Waals surface area contributed by atoms with E-state index in [4.69, 9.17) is 17.3 Å². The molecule has 16 heavy (non-hydrogen) atoms. The van der Waals surface area contributed by atoms with E-state index in [2.05, 4.69) is 17.9 Å². The van der Waals surface area contributed by atoms with E-state index in [1.807, 2.05) is 12.1 Å². The topological polar surface area (TPSA) is 29.3 Å². The average molecular weight is 239 g/mol. The van der Waals surface area contributed by atoms with Crippen LogP contribution in [0, 0.1) is 0 Å². The van der Waals surface area contributed by atoms with Gasteiger partial charge in [-0.3, -0.25) is 4.90 Å². The summed E-state index contributed by atoms with van der Waals surface area (Å²) in [6, 6.07) is 6.64. The molecule has 0 aromatic heterocycles. The highest BCUT2D eigenvalue weighted by Gasteiger charge is 2.18. The Bertz CT molecular complexity index is 365. The minimum Gasteiger partial charge on any atom is -0.398 e. The molecular weight excluding hydrogens is 220 g/mol. The first kappa shape index (κ1) is 11.7. The first-order valence-corrected chi connectivity index (χ1v) is 6.32. The van der Waals surface area contributed by atoms with Gasteiger partial charge in [0.05, 0.1) is 10.7 Å². The summed E-state index contributed by atoms with van der Waals surface area (Å²) >= 11 is 6.02. The minimum absolute atomic E-state index is 0.664. The van der Waals surface area contributed by atoms with Gasteiger partial charge in [0.15, 0.2) is 0 Å². The summed E-state index contributed by atoms with van der Waals surface area (Å²) in [6.07, 6.45) is 3.98. The Hall–Kier alpha value is -0.730. The molecule has 1 saturated heterocycles. The van der Waals surface area contributed by atoms with Crippen molar-refractivity contribution >= 4 is 17.3 Å². The van der Waals surface area contributed by atoms with Crippen molar-refractivity contribution in [3.63, 3.8) is 0 Å². The molecule has 2 nitrogen and oxygen atoms in total. The molecule has 0 amide bonds. The number of hydrogen-bond acceptors (Lipinski definition) is 2. The third-order valence-electron chi connectivity index (χ3n) is 3.39. The molecular formula is C13H19ClN2. The fraction of sp³-hybridized carbons (Fsp3) is 0.538. The maximum absolute atomic E-state index is 6.02. The normalized spacial score (nSPS) is 22.2. The lowest BCUT2D eigenvalue weighted by molar-refractivity contribution is 0.152. The predicted molar refractivity (Wildman–Crippen MR) is 69.6 cm³/mol. The Labute approximate surface area is 102 Å². The quantitative estimate of drug-likeness (QED) is 0.802. The molecule has 88 valence electrons. The Morgan fingerprint density at radius 2 is 2.25 bits per heavy atom. The van der Waals surface area contributed by atoms with Crippen molar-refractivity contribution in [3.8, 4) is 0 Å². The van der Waals surface area contributed by atoms with Crippen LogP contribution in [0.25, 0.3) is 0 Å². The lowest BCUT2D eigenvalue weighted by atomic mass is 10.0. The van der Waals surface area contributed by atoms with Crippen LogP contribution in [0.1, 0.15) is 31.7 Å². The molecule has 1 atom stereocenters. The van der Waals surface area contributed by atoms with Gasteiger partial charge in [-0.2, -0.15) is 0 Å². The van der Waals surface area contributed by atoms with Crippen molar-refractivity contribution in [2.45, 2.75) is 38.8 Å². The fourth-order valence-electron chi connectivity index (χ4n) is 2.30. The van der Waals surface area contributed by atoms with Crippen molar-refractivity contribution in [2.24, 2.45) is 0 Å². The van der Waals surface area contributed by atoms with E-state index < -0.39 is 0 Å². The first-order valence-electron chi connectivity index (χ1n) is 5.95. The summed E-state index contributed by atoms with van der Waals surface area (Å²) in [5, 5.41) is 0.669. The number of likely N-dealkylation sites (tertiary alicyclic amines) is 1. The standard InChI is InChI=1S/C13H19ClN2/c1-10-4-2-3-7-16(10)9-11-5-6-13(15)12(14)8-11/h5-6,8,10H,2-4,7,9,15H2,1H3. The smallest absolute Gasteiger partial charge is 0.0638 e. The van der Waals surface area contributed by atoms with Crippen LogP contribution < -0.4 is 5.73 Å². The monoisotopic (exact) mass is 238 g/mol. The summed E-state index contributed by atoms with van der Waals surface area (Å²) in [5.74, 6) is 0. The molecule has 1 aromatic rings. The summed E-state index contributed by atoms with van der Waals surface area (Å²) in [5.41, 5.74) is 7.62. The molecule has 2 N–H and O–H groups in total. The molecule has 1 fully saturated rings. The molecule has 1 aromatic carbocycles. The Kier molecular flexibility index (Phi) is 3.72. The molecule has 1 unspecified atom stereocenters. The van der Waals surface area contributed by atoms with Gasteiger partial charge in [0.2, 0.25) is 0 Å². The second-order valence-corrected chi connectivity index (χ2v) is 5.08. The van der Waals surface area contributed by atoms with Gasteiger partial charge >= 0.3 is 0 Å². The molecule has 1 heterocycles. The number of benzene rings is 1. The van der Waals surface area contributed by atoms with Gasteiger partial charge in [0.1, 0.15) is 0 Å². The molecule has 0 radical (unpaired) electrons. The third-order valence-corrected chi connectivity index (χ3v) is 3.72. The molecule has 0 spiro atoms. The molecule has 1 aliphatic heterocycles. The highest BCUT2D eigenvalue weighted by atomic mass is 35.5. The Balaban J connectivity index is 2.05. The van der Waals surface area contributed by atoms with E-state index in [1.54, 1.807) is 0 Å². The van der Waals surface area contributed by atoms with Crippen molar-refractivity contribution in [2.75, 3.05) is 12.3 Å². The summed E-state index contributed by atoms with van der Waals surface area (Å²) in [4.78, 5) is 2.52. The molecule has 2 rings (SSSR count). The van der Waals surface area contributed by atoms with E-state index >= 15 is 0 Å². The maximum Gasteiger partial charge on any atom is 0.0638 e. The van der Waals surface area contributed by atoms with Gasteiger partial charge in [0.25, 0.3) is 0 Å². The van der Waals surface area contributed by atoms with Crippen LogP contribution in [0.2, 0.25) is 5.02 Å². The number of piperidine rings is 1. The second kappa shape index (κ2) is 5.07. The third kappa shape index (κ3) is 2.69. The number of anilines is 1. The van der Waals surface area contributed by atoms with Crippen LogP contribution in [-0.4, -0.2) is 17.5 Å². The van der Waals surface area contributed by atoms with Gasteiger partial charge in [-0.1, -0.05) is 24.1 Å². The molecule has 0 aliphatic carbocycles. The number of halogens is 1. The van der Waals surface area contributed by atoms with E-state index in [9.17, 15) is 0 Å². The van der Waals surface area contributed by atoms with Gasteiger partial charge in [-0.15, -0.1) is 0 Å². The average Bonchev–Trinajstić information content (AvgIpc) is 2.27. The Morgan fingerprint density at radius 3 is 2.94 bits per heavy atom. The zero-order chi connectivity index (χ0) is 11.5. The SMILES string of the molecule is CC1CCCCN1Cc1ccc(N)c(Cl)c1. The number of rotatable bonds is 2. The van der Waals surface area contributed by atoms with Crippen molar-refractivity contribution in [1.29, 1.82) is 0 Å². The van der Waals surface area contributed by atoms with Crippen molar-refractivity contribution in [3.05, 3.63) is 28.8 Å². The van der Waals surface area contributed by atoms with Gasteiger partial charge < -0.3 is 5.73 Å². The molecule has 1 aliphatic rings. The van der Waals surface area contributed by atoms with Crippen molar-refractivity contribution in [1.82, 2.24) is 4.90 Å². The summed E-state index contributed by atoms with van der Waals surface area (Å²) < 4.78 is 0. The van der Waals surface area contributed by atoms with Crippen molar-refractivity contribution < 1.29 is 0 Å². The van der Waals surface area contributed by atoms with E-state index in [-0.39, 0.29) is 0 Å². The van der Waals surface area contributed by atoms with Crippen LogP contribution in [0.5, 0.6) is 0 Å². The predicted octanol–water partition coefficient (Wildman–Crippen LogP) is 3.30. The number of nitrogens with zero attached hydrogens (tertiary/aromatic N) is 1. The zero-order valence-corrected chi connectivity index (χ0v) is 10.5. The highest BCUT2D eigenvalue weighted by molar-refractivity contribution is 6.33. The van der Waals surface area contributed by atoms with Gasteiger partial charge in [-0.05, 0) is 44.0 Å². The lowest BCUT2D eigenvalue weighted by Gasteiger charge is -2.33. The van der Waals surface area contributed by atoms with Gasteiger partial charge in [0, 0.05) is 12.6 Å². The number of nitrogen functional groups attached to an aromatic ring is 1. The van der Waals surface area contributed by atoms with Gasteiger partial charge in [-0.25, -0.2) is 0 Å². The second-order valence-electron chi connectivity index (χ2n) is 4.67. The minimum atomic E-state index is 0.664. The largest absolute Gasteiger partial charge is 0.398 e. The van der Waals surface area contributed by atoms with E-state index in [1.165, 1.54) is 31.4 Å². The van der Waals surface area contributed by atoms with Crippen LogP contribution in [0.15, 0.2) is 18.2 Å². The van der Waals surface area contributed by atoms with Crippen LogP contribution >= 0.6 is 11.6 Å². The number of hydrogen-bond donors (Lipinski definition) is 1. The summed E-state index contributed by atoms with van der Waals surface area (Å²) in [7, 11) is 0. The number of nitrogens with two attached hydrogens (primary N) is 1. The molecule has 0 saturated carbocycles. The molecule has 0 bridgehead atoms. The van der Waals surface area contributed by atoms with E-state index in [0.29, 0.717) is 16.8 Å². The van der Waals surface area contributed by atoms with Crippen LogP contribution in [0.4, 0.5) is 5.69 Å². The maximum atomic E-state index is 6.02.